The average molecular weight is 233 g/mol. The second-order valence-corrected chi connectivity index (χ2v) is 5.02. The smallest absolute Gasteiger partial charge is 0.0943 e. The molecule has 2 aliphatic rings. The molecule has 3 rings (SSSR count). The van der Waals surface area contributed by atoms with E-state index in [2.05, 4.69) is 17.4 Å². The lowest BCUT2D eigenvalue weighted by Gasteiger charge is -2.28. The Morgan fingerprint density at radius 3 is 2.94 bits per heavy atom. The fourth-order valence-corrected chi connectivity index (χ4v) is 2.76. The van der Waals surface area contributed by atoms with E-state index >= 15 is 0 Å². The van der Waals surface area contributed by atoms with Crippen molar-refractivity contribution < 1.29 is 9.84 Å². The van der Waals surface area contributed by atoms with Gasteiger partial charge in [-0.15, -0.1) is 0 Å². The number of hydrogen-bond acceptors (Lipinski definition) is 3. The van der Waals surface area contributed by atoms with Crippen LogP contribution in [0.1, 0.15) is 42.1 Å². The highest BCUT2D eigenvalue weighted by Crippen LogP contribution is 2.27. The van der Waals surface area contributed by atoms with Crippen molar-refractivity contribution in [2.24, 2.45) is 0 Å². The molecule has 1 aromatic rings. The summed E-state index contributed by atoms with van der Waals surface area (Å²) in [5.74, 6) is 0. The van der Waals surface area contributed by atoms with Crippen LogP contribution in [0.2, 0.25) is 0 Å². The maximum atomic E-state index is 10.4. The minimum absolute atomic E-state index is 0.212. The van der Waals surface area contributed by atoms with Crippen molar-refractivity contribution in [1.82, 2.24) is 5.32 Å². The zero-order chi connectivity index (χ0) is 11.7. The molecule has 2 aliphatic heterocycles. The van der Waals surface area contributed by atoms with Gasteiger partial charge in [-0.1, -0.05) is 24.6 Å². The highest BCUT2D eigenvalue weighted by atomic mass is 16.5. The fraction of sp³-hybridized carbons (Fsp3) is 0.571. The van der Waals surface area contributed by atoms with Crippen LogP contribution in [0.15, 0.2) is 18.2 Å². The second-order valence-electron chi connectivity index (χ2n) is 5.02. The molecule has 1 fully saturated rings. The van der Waals surface area contributed by atoms with E-state index < -0.39 is 0 Å². The molecule has 92 valence electrons. The molecule has 0 saturated carbocycles. The summed E-state index contributed by atoms with van der Waals surface area (Å²) in [5, 5.41) is 13.8. The minimum atomic E-state index is -0.388. The zero-order valence-electron chi connectivity index (χ0n) is 9.98. The molecule has 3 nitrogen and oxygen atoms in total. The lowest BCUT2D eigenvalue weighted by atomic mass is 9.93. The minimum Gasteiger partial charge on any atom is -0.387 e. The normalized spacial score (nSPS) is 25.6. The summed E-state index contributed by atoms with van der Waals surface area (Å²) in [6.45, 7) is 2.43. The number of nitrogens with one attached hydrogen (secondary N) is 1. The quantitative estimate of drug-likeness (QED) is 0.819. The Bertz CT molecular complexity index is 399. The first-order valence-corrected chi connectivity index (χ1v) is 6.45. The summed E-state index contributed by atoms with van der Waals surface area (Å²) >= 11 is 0. The predicted octanol–water partition coefficient (Wildman–Crippen LogP) is 1.89. The number of rotatable bonds is 2. The van der Waals surface area contributed by atoms with Gasteiger partial charge in [-0.25, -0.2) is 0 Å². The van der Waals surface area contributed by atoms with Crippen LogP contribution in [-0.2, 0) is 18.0 Å². The third-order valence-corrected chi connectivity index (χ3v) is 3.82. The van der Waals surface area contributed by atoms with E-state index in [1.165, 1.54) is 24.0 Å². The third-order valence-electron chi connectivity index (χ3n) is 3.82. The molecular weight excluding hydrogens is 214 g/mol. The third kappa shape index (κ3) is 2.23. The van der Waals surface area contributed by atoms with E-state index in [4.69, 9.17) is 4.74 Å². The van der Waals surface area contributed by atoms with Gasteiger partial charge in [0.2, 0.25) is 0 Å². The Kier molecular flexibility index (Phi) is 3.14. The van der Waals surface area contributed by atoms with Gasteiger partial charge >= 0.3 is 0 Å². The van der Waals surface area contributed by atoms with Gasteiger partial charge in [0.15, 0.2) is 0 Å². The van der Waals surface area contributed by atoms with E-state index in [9.17, 15) is 5.11 Å². The van der Waals surface area contributed by atoms with Gasteiger partial charge in [0.1, 0.15) is 0 Å². The van der Waals surface area contributed by atoms with E-state index in [-0.39, 0.29) is 12.1 Å². The van der Waals surface area contributed by atoms with Gasteiger partial charge in [0.05, 0.1) is 19.3 Å². The van der Waals surface area contributed by atoms with Crippen LogP contribution in [0, 0.1) is 0 Å². The summed E-state index contributed by atoms with van der Waals surface area (Å²) in [6.07, 6.45) is 3.11. The predicted molar refractivity (Wildman–Crippen MR) is 65.5 cm³/mol. The number of aliphatic hydroxyl groups excluding tert-OH is 1. The molecule has 17 heavy (non-hydrogen) atoms. The maximum absolute atomic E-state index is 10.4. The average Bonchev–Trinajstić information content (AvgIpc) is 2.86. The van der Waals surface area contributed by atoms with Gasteiger partial charge in [0, 0.05) is 6.04 Å². The van der Waals surface area contributed by atoms with Crippen molar-refractivity contribution >= 4 is 0 Å². The molecule has 0 radical (unpaired) electrons. The molecular formula is C14H19NO2. The van der Waals surface area contributed by atoms with E-state index in [1.807, 2.05) is 6.07 Å². The standard InChI is InChI=1S/C14H19NO2/c16-14(13-3-1-2-6-15-13)10-4-5-11-8-17-9-12(11)7-10/h4-5,7,13-16H,1-3,6,8-9H2. The monoisotopic (exact) mass is 233 g/mol. The summed E-state index contributed by atoms with van der Waals surface area (Å²) in [5.41, 5.74) is 3.52. The molecule has 2 atom stereocenters. The second kappa shape index (κ2) is 4.77. The lowest BCUT2D eigenvalue weighted by molar-refractivity contribution is 0.113. The summed E-state index contributed by atoms with van der Waals surface area (Å²) in [4.78, 5) is 0. The fourth-order valence-electron chi connectivity index (χ4n) is 2.76. The Hall–Kier alpha value is -0.900. The zero-order valence-corrected chi connectivity index (χ0v) is 9.98. The van der Waals surface area contributed by atoms with Crippen LogP contribution in [-0.4, -0.2) is 17.7 Å². The maximum Gasteiger partial charge on any atom is 0.0943 e. The van der Waals surface area contributed by atoms with Crippen molar-refractivity contribution in [3.05, 3.63) is 34.9 Å². The highest BCUT2D eigenvalue weighted by molar-refractivity contribution is 5.34. The molecule has 1 saturated heterocycles. The SMILES string of the molecule is OC(c1ccc2c(c1)COC2)C1CCCCN1. The van der Waals surface area contributed by atoms with Gasteiger partial charge < -0.3 is 15.2 Å². The van der Waals surface area contributed by atoms with Crippen molar-refractivity contribution in [1.29, 1.82) is 0 Å². The molecule has 0 spiro atoms. The van der Waals surface area contributed by atoms with Crippen LogP contribution in [0.3, 0.4) is 0 Å². The molecule has 0 amide bonds. The molecule has 0 bridgehead atoms. The van der Waals surface area contributed by atoms with Crippen LogP contribution < -0.4 is 5.32 Å². The van der Waals surface area contributed by atoms with Crippen LogP contribution in [0.5, 0.6) is 0 Å². The van der Waals surface area contributed by atoms with Gasteiger partial charge in [-0.3, -0.25) is 0 Å². The first-order valence-electron chi connectivity index (χ1n) is 6.45. The van der Waals surface area contributed by atoms with Gasteiger partial charge in [-0.2, -0.15) is 0 Å². The first-order chi connectivity index (χ1) is 8.34. The summed E-state index contributed by atoms with van der Waals surface area (Å²) in [7, 11) is 0. The number of ether oxygens (including phenoxy) is 1. The number of aliphatic hydroxyl groups is 1. The van der Waals surface area contributed by atoms with Crippen LogP contribution in [0.4, 0.5) is 0 Å². The van der Waals surface area contributed by atoms with Gasteiger partial charge in [0.25, 0.3) is 0 Å². The summed E-state index contributed by atoms with van der Waals surface area (Å²) < 4.78 is 5.40. The largest absolute Gasteiger partial charge is 0.387 e. The Balaban J connectivity index is 1.78. The van der Waals surface area contributed by atoms with Crippen molar-refractivity contribution in [3.63, 3.8) is 0 Å². The van der Waals surface area contributed by atoms with Crippen LogP contribution in [0.25, 0.3) is 0 Å². The molecule has 2 heterocycles. The number of piperidine rings is 1. The number of fused-ring (bicyclic) bond motifs is 1. The molecule has 2 N–H and O–H groups in total. The Morgan fingerprint density at radius 1 is 1.24 bits per heavy atom. The highest BCUT2D eigenvalue weighted by Gasteiger charge is 2.23. The van der Waals surface area contributed by atoms with E-state index in [0.717, 1.165) is 18.5 Å². The van der Waals surface area contributed by atoms with E-state index in [0.29, 0.717) is 13.2 Å². The molecule has 0 aliphatic carbocycles. The Labute approximate surface area is 102 Å². The van der Waals surface area contributed by atoms with Crippen molar-refractivity contribution in [2.45, 2.75) is 44.6 Å². The molecule has 2 unspecified atom stereocenters. The van der Waals surface area contributed by atoms with Crippen LogP contribution >= 0.6 is 0 Å². The number of hydrogen-bond donors (Lipinski definition) is 2. The van der Waals surface area contributed by atoms with Crippen molar-refractivity contribution in [3.8, 4) is 0 Å². The topological polar surface area (TPSA) is 41.5 Å². The first kappa shape index (κ1) is 11.2. The Morgan fingerprint density at radius 2 is 2.12 bits per heavy atom. The molecule has 1 aromatic carbocycles. The lowest BCUT2D eigenvalue weighted by Crippen LogP contribution is -2.38. The van der Waals surface area contributed by atoms with E-state index in [1.54, 1.807) is 0 Å². The molecule has 0 aromatic heterocycles. The van der Waals surface area contributed by atoms with Crippen molar-refractivity contribution in [2.75, 3.05) is 6.54 Å². The molecule has 3 heteroatoms. The summed E-state index contributed by atoms with van der Waals surface area (Å²) in [6, 6.07) is 6.44. The number of benzene rings is 1. The van der Waals surface area contributed by atoms with Gasteiger partial charge in [-0.05, 0) is 36.1 Å².